The van der Waals surface area contributed by atoms with E-state index in [2.05, 4.69) is 30.6 Å². The van der Waals surface area contributed by atoms with Gasteiger partial charge in [0.1, 0.15) is 0 Å². The van der Waals surface area contributed by atoms with Gasteiger partial charge in [-0.1, -0.05) is 20.8 Å². The molecule has 0 aromatic heterocycles. The van der Waals surface area contributed by atoms with Crippen LogP contribution in [0.2, 0.25) is 0 Å². The second-order valence-electron chi connectivity index (χ2n) is 8.53. The summed E-state index contributed by atoms with van der Waals surface area (Å²) in [5.41, 5.74) is 0. The molecule has 2 aliphatic heterocycles. The zero-order valence-electron chi connectivity index (χ0n) is 13.6. The summed E-state index contributed by atoms with van der Waals surface area (Å²) in [5.74, 6) is 7.23. The van der Waals surface area contributed by atoms with Gasteiger partial charge < -0.3 is 9.80 Å². The fraction of sp³-hybridized carbons (Fsp3) is 1.00. The minimum Gasteiger partial charge on any atom is -0.303 e. The first-order chi connectivity index (χ1) is 9.67. The van der Waals surface area contributed by atoms with Gasteiger partial charge in [0.05, 0.1) is 0 Å². The number of nitrogens with zero attached hydrogens (tertiary/aromatic N) is 2. The molecule has 5 rings (SSSR count). The number of hydrogen-bond acceptors (Lipinski definition) is 2. The third kappa shape index (κ3) is 1.98. The quantitative estimate of drug-likeness (QED) is 0.782. The maximum atomic E-state index is 2.81. The molecule has 20 heavy (non-hydrogen) atoms. The smallest absolute Gasteiger partial charge is 0.00159 e. The van der Waals surface area contributed by atoms with Gasteiger partial charge in [-0.05, 0) is 60.8 Å². The Kier molecular flexibility index (Phi) is 3.38. The van der Waals surface area contributed by atoms with Crippen LogP contribution in [0.4, 0.5) is 0 Å². The first-order valence-corrected chi connectivity index (χ1v) is 9.12. The van der Waals surface area contributed by atoms with Crippen LogP contribution in [-0.2, 0) is 0 Å². The summed E-state index contributed by atoms with van der Waals surface area (Å²) in [6, 6.07) is 0. The molecule has 2 heteroatoms. The van der Waals surface area contributed by atoms with Gasteiger partial charge in [-0.2, -0.15) is 0 Å². The predicted octanol–water partition coefficient (Wildman–Crippen LogP) is 2.80. The van der Waals surface area contributed by atoms with E-state index in [0.29, 0.717) is 0 Å². The summed E-state index contributed by atoms with van der Waals surface area (Å²) >= 11 is 0. The molecule has 6 atom stereocenters. The molecule has 5 aliphatic rings. The fourth-order valence-electron chi connectivity index (χ4n) is 6.49. The Hall–Kier alpha value is -0.0800. The molecule has 5 fully saturated rings. The maximum absolute atomic E-state index is 2.81. The van der Waals surface area contributed by atoms with Crippen LogP contribution in [0, 0.1) is 41.4 Å². The van der Waals surface area contributed by atoms with Gasteiger partial charge in [0.25, 0.3) is 0 Å². The summed E-state index contributed by atoms with van der Waals surface area (Å²) < 4.78 is 0. The molecule has 114 valence electrons. The van der Waals surface area contributed by atoms with E-state index in [-0.39, 0.29) is 0 Å². The molecule has 0 N–H and O–H groups in total. The van der Waals surface area contributed by atoms with Crippen molar-refractivity contribution in [1.82, 2.24) is 9.80 Å². The Bertz CT molecular complexity index is 338. The van der Waals surface area contributed by atoms with Crippen LogP contribution >= 0.6 is 0 Å². The first kappa shape index (κ1) is 13.6. The topological polar surface area (TPSA) is 6.48 Å². The van der Waals surface area contributed by atoms with Crippen molar-refractivity contribution in [2.45, 2.75) is 33.6 Å². The lowest BCUT2D eigenvalue weighted by molar-refractivity contribution is -0.0289. The van der Waals surface area contributed by atoms with Crippen LogP contribution in [0.25, 0.3) is 0 Å². The predicted molar refractivity (Wildman–Crippen MR) is 83.6 cm³/mol. The van der Waals surface area contributed by atoms with Crippen molar-refractivity contribution >= 4 is 0 Å². The summed E-state index contributed by atoms with van der Waals surface area (Å²) in [6.07, 6.45) is 3.11. The SMILES string of the molecule is CCN1CC2C3CCC(C2C1)C1CN(CC(C)C)CC31. The van der Waals surface area contributed by atoms with E-state index in [1.165, 1.54) is 39.3 Å². The van der Waals surface area contributed by atoms with Crippen LogP contribution in [0.3, 0.4) is 0 Å². The van der Waals surface area contributed by atoms with E-state index in [1.807, 2.05) is 0 Å². The minimum absolute atomic E-state index is 0.836. The highest BCUT2D eigenvalue weighted by atomic mass is 15.2. The number of fused-ring (bicyclic) bond motifs is 1. The molecule has 2 heterocycles. The van der Waals surface area contributed by atoms with Crippen molar-refractivity contribution in [2.24, 2.45) is 41.4 Å². The van der Waals surface area contributed by atoms with E-state index >= 15 is 0 Å². The summed E-state index contributed by atoms with van der Waals surface area (Å²) in [4.78, 5) is 5.55. The highest BCUT2D eigenvalue weighted by molar-refractivity contribution is 5.08. The third-order valence-corrected chi connectivity index (χ3v) is 7.08. The Labute approximate surface area is 124 Å². The number of hydrogen-bond donors (Lipinski definition) is 0. The van der Waals surface area contributed by atoms with Crippen LogP contribution in [0.5, 0.6) is 0 Å². The molecule has 2 nitrogen and oxygen atoms in total. The molecule has 3 aliphatic carbocycles. The third-order valence-electron chi connectivity index (χ3n) is 7.08. The zero-order valence-corrected chi connectivity index (χ0v) is 13.6. The lowest BCUT2D eigenvalue weighted by Gasteiger charge is -2.52. The molecule has 0 amide bonds. The van der Waals surface area contributed by atoms with E-state index in [0.717, 1.165) is 41.4 Å². The first-order valence-electron chi connectivity index (χ1n) is 9.12. The van der Waals surface area contributed by atoms with Gasteiger partial charge in [-0.25, -0.2) is 0 Å². The molecule has 0 spiro atoms. The minimum atomic E-state index is 0.836. The van der Waals surface area contributed by atoms with Crippen molar-refractivity contribution in [3.63, 3.8) is 0 Å². The Morgan fingerprint density at radius 3 is 1.60 bits per heavy atom. The van der Waals surface area contributed by atoms with Crippen molar-refractivity contribution in [3.05, 3.63) is 0 Å². The van der Waals surface area contributed by atoms with Gasteiger partial charge >= 0.3 is 0 Å². The monoisotopic (exact) mass is 276 g/mol. The van der Waals surface area contributed by atoms with Crippen molar-refractivity contribution in [2.75, 3.05) is 39.3 Å². The van der Waals surface area contributed by atoms with Crippen LogP contribution in [0.15, 0.2) is 0 Å². The molecule has 0 aromatic carbocycles. The molecular formula is C18H32N2. The molecule has 2 bridgehead atoms. The lowest BCUT2D eigenvalue weighted by Crippen LogP contribution is -2.49. The average Bonchev–Trinajstić information content (AvgIpc) is 3.01. The van der Waals surface area contributed by atoms with E-state index in [9.17, 15) is 0 Å². The Balaban J connectivity index is 1.52. The largest absolute Gasteiger partial charge is 0.303 e. The van der Waals surface area contributed by atoms with Gasteiger partial charge in [0.15, 0.2) is 0 Å². The van der Waals surface area contributed by atoms with Gasteiger partial charge in [0.2, 0.25) is 0 Å². The maximum Gasteiger partial charge on any atom is 0.00159 e. The van der Waals surface area contributed by atoms with Crippen LogP contribution in [-0.4, -0.2) is 49.1 Å². The highest BCUT2D eigenvalue weighted by Gasteiger charge is 2.58. The summed E-state index contributed by atoms with van der Waals surface area (Å²) in [5, 5.41) is 0. The fourth-order valence-corrected chi connectivity index (χ4v) is 6.49. The molecular weight excluding hydrogens is 244 g/mol. The van der Waals surface area contributed by atoms with Crippen LogP contribution < -0.4 is 0 Å². The average molecular weight is 276 g/mol. The summed E-state index contributed by atoms with van der Waals surface area (Å²) in [6.45, 7) is 15.4. The van der Waals surface area contributed by atoms with Crippen molar-refractivity contribution in [3.8, 4) is 0 Å². The molecule has 2 saturated heterocycles. The highest BCUT2D eigenvalue weighted by Crippen LogP contribution is 2.59. The Morgan fingerprint density at radius 2 is 1.20 bits per heavy atom. The second-order valence-corrected chi connectivity index (χ2v) is 8.53. The van der Waals surface area contributed by atoms with E-state index in [4.69, 9.17) is 0 Å². The van der Waals surface area contributed by atoms with Crippen LogP contribution in [0.1, 0.15) is 33.6 Å². The van der Waals surface area contributed by atoms with Crippen molar-refractivity contribution < 1.29 is 0 Å². The van der Waals surface area contributed by atoms with E-state index in [1.54, 1.807) is 12.8 Å². The van der Waals surface area contributed by atoms with Gasteiger partial charge in [-0.3, -0.25) is 0 Å². The zero-order chi connectivity index (χ0) is 13.9. The molecule has 0 radical (unpaired) electrons. The molecule has 0 aromatic rings. The van der Waals surface area contributed by atoms with Gasteiger partial charge in [0, 0.05) is 32.7 Å². The van der Waals surface area contributed by atoms with Gasteiger partial charge in [-0.15, -0.1) is 0 Å². The second kappa shape index (κ2) is 4.98. The Morgan fingerprint density at radius 1 is 0.750 bits per heavy atom. The van der Waals surface area contributed by atoms with E-state index < -0.39 is 0 Å². The number of rotatable bonds is 3. The normalized spacial score (nSPS) is 48.0. The molecule has 6 unspecified atom stereocenters. The molecule has 3 saturated carbocycles. The van der Waals surface area contributed by atoms with Crippen molar-refractivity contribution in [1.29, 1.82) is 0 Å². The summed E-state index contributed by atoms with van der Waals surface area (Å²) in [7, 11) is 0. The standard InChI is InChI=1S/C18H32N2/c1-4-19-8-15-13-5-6-14(16(15)9-19)18-11-20(7-12(2)3)10-17(13)18/h12-18H,4-11H2,1-3H3. The lowest BCUT2D eigenvalue weighted by atomic mass is 9.52. The number of likely N-dealkylation sites (tertiary alicyclic amines) is 2.